The minimum absolute atomic E-state index is 0. The molecular weight excluding hydrogens is 245 g/mol. The predicted molar refractivity (Wildman–Crippen MR) is 48.6 cm³/mol. The van der Waals surface area contributed by atoms with Crippen LogP contribution in [0.1, 0.15) is 14.3 Å². The Hall–Kier alpha value is -0.670. The van der Waals surface area contributed by atoms with Gasteiger partial charge in [-0.25, -0.2) is 4.79 Å². The standard InChI is InChI=1S/C8H11NO7.Na.H/c10-5(11)3-8(7(14)15,4-6(12)13)16-9-1-2-9;;/h1-4H2,(H,10,11)(H,12,13)(H,14,15);;/q;+1;-1. The van der Waals surface area contributed by atoms with Gasteiger partial charge in [-0.1, -0.05) is 0 Å². The maximum absolute atomic E-state index is 11.0. The van der Waals surface area contributed by atoms with Crippen molar-refractivity contribution in [1.82, 2.24) is 5.06 Å². The Kier molecular flexibility index (Phi) is 6.06. The van der Waals surface area contributed by atoms with E-state index < -0.39 is 36.4 Å². The molecule has 0 aromatic heterocycles. The van der Waals surface area contributed by atoms with Crippen LogP contribution in [0.25, 0.3) is 0 Å². The Morgan fingerprint density at radius 3 is 1.76 bits per heavy atom. The van der Waals surface area contributed by atoms with Gasteiger partial charge >= 0.3 is 47.5 Å². The van der Waals surface area contributed by atoms with Crippen LogP contribution in [0.5, 0.6) is 0 Å². The van der Waals surface area contributed by atoms with Crippen molar-refractivity contribution in [2.45, 2.75) is 18.4 Å². The molecule has 0 unspecified atom stereocenters. The molecule has 1 saturated heterocycles. The van der Waals surface area contributed by atoms with E-state index in [4.69, 9.17) is 20.2 Å². The van der Waals surface area contributed by atoms with Crippen LogP contribution >= 0.6 is 0 Å². The first-order valence-electron chi connectivity index (χ1n) is 4.47. The van der Waals surface area contributed by atoms with Crippen LogP contribution in [-0.2, 0) is 19.2 Å². The SMILES string of the molecule is O=C(O)CC(CC(=O)O)(ON1CC1)C(=O)O.[H-].[Na+]. The summed E-state index contributed by atoms with van der Waals surface area (Å²) in [7, 11) is 0. The molecule has 8 nitrogen and oxygen atoms in total. The van der Waals surface area contributed by atoms with Crippen LogP contribution in [0.2, 0.25) is 0 Å². The fraction of sp³-hybridized carbons (Fsp3) is 0.625. The van der Waals surface area contributed by atoms with Gasteiger partial charge in [0.1, 0.15) is 0 Å². The number of nitrogens with zero attached hydrogens (tertiary/aromatic N) is 1. The van der Waals surface area contributed by atoms with E-state index in [9.17, 15) is 14.4 Å². The molecule has 0 aromatic carbocycles. The van der Waals surface area contributed by atoms with Gasteiger partial charge in [0.2, 0.25) is 5.60 Å². The van der Waals surface area contributed by atoms with Crippen LogP contribution in [0.3, 0.4) is 0 Å². The van der Waals surface area contributed by atoms with Crippen molar-refractivity contribution in [1.29, 1.82) is 0 Å². The van der Waals surface area contributed by atoms with Gasteiger partial charge in [0.15, 0.2) is 0 Å². The summed E-state index contributed by atoms with van der Waals surface area (Å²) in [6, 6.07) is 0. The van der Waals surface area contributed by atoms with Crippen LogP contribution in [-0.4, -0.2) is 57.0 Å². The van der Waals surface area contributed by atoms with E-state index in [2.05, 4.69) is 0 Å². The van der Waals surface area contributed by atoms with Gasteiger partial charge in [0, 0.05) is 13.1 Å². The number of carbonyl (C=O) groups is 3. The number of hydroxylamine groups is 2. The molecule has 1 fully saturated rings. The van der Waals surface area contributed by atoms with E-state index in [0.29, 0.717) is 13.1 Å². The third-order valence-electron chi connectivity index (χ3n) is 1.97. The Morgan fingerprint density at radius 2 is 1.53 bits per heavy atom. The zero-order valence-electron chi connectivity index (χ0n) is 10.3. The summed E-state index contributed by atoms with van der Waals surface area (Å²) in [5, 5.41) is 27.3. The Morgan fingerprint density at radius 1 is 1.12 bits per heavy atom. The largest absolute Gasteiger partial charge is 1.00 e. The fourth-order valence-corrected chi connectivity index (χ4v) is 1.19. The first-order valence-corrected chi connectivity index (χ1v) is 4.47. The van der Waals surface area contributed by atoms with Crippen molar-refractivity contribution >= 4 is 17.9 Å². The number of carboxylic acids is 3. The molecule has 0 aromatic rings. The maximum Gasteiger partial charge on any atom is 1.00 e. The first kappa shape index (κ1) is 16.3. The number of aliphatic carboxylic acids is 3. The van der Waals surface area contributed by atoms with Gasteiger partial charge in [-0.05, 0) is 0 Å². The summed E-state index contributed by atoms with van der Waals surface area (Å²) < 4.78 is 0. The van der Waals surface area contributed by atoms with Crippen molar-refractivity contribution in [2.24, 2.45) is 0 Å². The molecule has 0 saturated carbocycles. The molecule has 1 aliphatic rings. The molecule has 0 aliphatic carbocycles. The van der Waals surface area contributed by atoms with Gasteiger partial charge in [-0.3, -0.25) is 14.4 Å². The van der Waals surface area contributed by atoms with E-state index in [1.165, 1.54) is 5.06 Å². The summed E-state index contributed by atoms with van der Waals surface area (Å²) in [5.41, 5.74) is -2.23. The van der Waals surface area contributed by atoms with E-state index in [0.717, 1.165) is 0 Å². The van der Waals surface area contributed by atoms with E-state index in [1.807, 2.05) is 0 Å². The van der Waals surface area contributed by atoms with Crippen LogP contribution < -0.4 is 29.6 Å². The van der Waals surface area contributed by atoms with Crippen LogP contribution in [0.15, 0.2) is 0 Å². The minimum Gasteiger partial charge on any atom is -1.00 e. The molecule has 1 heterocycles. The molecule has 0 spiro atoms. The molecule has 92 valence electrons. The van der Waals surface area contributed by atoms with Gasteiger partial charge in [0.25, 0.3) is 0 Å². The van der Waals surface area contributed by atoms with Gasteiger partial charge in [0.05, 0.1) is 12.8 Å². The molecule has 17 heavy (non-hydrogen) atoms. The number of rotatable bonds is 7. The third kappa shape index (κ3) is 5.00. The first-order chi connectivity index (χ1) is 7.35. The number of hydrogen-bond acceptors (Lipinski definition) is 5. The smallest absolute Gasteiger partial charge is 1.00 e. The van der Waals surface area contributed by atoms with Crippen molar-refractivity contribution < 1.29 is 65.5 Å². The van der Waals surface area contributed by atoms with E-state index >= 15 is 0 Å². The molecule has 0 bridgehead atoms. The Labute approximate surface area is 120 Å². The summed E-state index contributed by atoms with van der Waals surface area (Å²) in [4.78, 5) is 37.0. The molecule has 0 radical (unpaired) electrons. The summed E-state index contributed by atoms with van der Waals surface area (Å²) in [5.74, 6) is -4.44. The van der Waals surface area contributed by atoms with Gasteiger partial charge in [-0.2, -0.15) is 5.06 Å². The second kappa shape index (κ2) is 6.31. The third-order valence-corrected chi connectivity index (χ3v) is 1.97. The maximum atomic E-state index is 11.0. The van der Waals surface area contributed by atoms with Crippen molar-refractivity contribution in [3.05, 3.63) is 0 Å². The zero-order valence-corrected chi connectivity index (χ0v) is 11.3. The topological polar surface area (TPSA) is 124 Å². The number of carboxylic acid groups (broad SMARTS) is 3. The van der Waals surface area contributed by atoms with Crippen LogP contribution in [0, 0.1) is 0 Å². The average Bonchev–Trinajstić information content (AvgIpc) is 2.84. The normalized spacial score (nSPS) is 14.8. The number of hydrogen-bond donors (Lipinski definition) is 3. The average molecular weight is 257 g/mol. The Balaban J connectivity index is 0. The molecule has 1 rings (SSSR count). The van der Waals surface area contributed by atoms with Gasteiger partial charge < -0.3 is 16.7 Å². The molecule has 1 aliphatic heterocycles. The Bertz CT molecular complexity index is 317. The molecular formula is C8H12NNaO7. The van der Waals surface area contributed by atoms with E-state index in [-0.39, 0.29) is 31.0 Å². The summed E-state index contributed by atoms with van der Waals surface area (Å²) in [6.45, 7) is 0.933. The van der Waals surface area contributed by atoms with Gasteiger partial charge in [-0.15, -0.1) is 0 Å². The molecule has 3 N–H and O–H groups in total. The summed E-state index contributed by atoms with van der Waals surface area (Å²) in [6.07, 6.45) is -1.80. The minimum atomic E-state index is -2.23. The van der Waals surface area contributed by atoms with Crippen molar-refractivity contribution in [2.75, 3.05) is 13.1 Å². The molecule has 0 atom stereocenters. The van der Waals surface area contributed by atoms with Crippen LogP contribution in [0.4, 0.5) is 0 Å². The molecule has 9 heteroatoms. The monoisotopic (exact) mass is 257 g/mol. The van der Waals surface area contributed by atoms with E-state index in [1.54, 1.807) is 0 Å². The van der Waals surface area contributed by atoms with Crippen molar-refractivity contribution in [3.63, 3.8) is 0 Å². The predicted octanol–water partition coefficient (Wildman–Crippen LogP) is -3.88. The quantitative estimate of drug-likeness (QED) is 0.312. The second-order valence-electron chi connectivity index (χ2n) is 3.46. The molecule has 0 amide bonds. The fourth-order valence-electron chi connectivity index (χ4n) is 1.19. The summed E-state index contributed by atoms with van der Waals surface area (Å²) >= 11 is 0. The van der Waals surface area contributed by atoms with Crippen molar-refractivity contribution in [3.8, 4) is 0 Å². The second-order valence-corrected chi connectivity index (χ2v) is 3.46. The zero-order chi connectivity index (χ0) is 12.3.